The molecule has 2 aromatic rings. The summed E-state index contributed by atoms with van der Waals surface area (Å²) in [6, 6.07) is 7.82. The molecule has 6 heteroatoms. The van der Waals surface area contributed by atoms with Crippen molar-refractivity contribution < 1.29 is 4.79 Å². The number of benzene rings is 1. The van der Waals surface area contributed by atoms with Crippen LogP contribution in [0.5, 0.6) is 0 Å². The van der Waals surface area contributed by atoms with Gasteiger partial charge in [-0.25, -0.2) is 0 Å². The maximum absolute atomic E-state index is 11.4. The Morgan fingerprint density at radius 1 is 1.33 bits per heavy atom. The average molecular weight is 326 g/mol. The molecule has 0 atom stereocenters. The summed E-state index contributed by atoms with van der Waals surface area (Å²) in [5.74, 6) is -0.0176. The summed E-state index contributed by atoms with van der Waals surface area (Å²) in [5.41, 5.74) is 0.992. The van der Waals surface area contributed by atoms with Crippen molar-refractivity contribution in [2.24, 2.45) is 0 Å². The molecule has 4 nitrogen and oxygen atoms in total. The number of halogens is 1. The predicted octanol–water partition coefficient (Wildman–Crippen LogP) is 3.71. The molecular formula is C12H12BrN3OS. The first-order valence-electron chi connectivity index (χ1n) is 5.58. The number of hydrogen-bond donors (Lipinski definition) is 1. The van der Waals surface area contributed by atoms with E-state index in [1.807, 2.05) is 31.2 Å². The van der Waals surface area contributed by atoms with Gasteiger partial charge in [-0.1, -0.05) is 46.3 Å². The van der Waals surface area contributed by atoms with E-state index in [1.165, 1.54) is 11.3 Å². The van der Waals surface area contributed by atoms with Gasteiger partial charge in [0.2, 0.25) is 11.0 Å². The molecule has 18 heavy (non-hydrogen) atoms. The zero-order valence-electron chi connectivity index (χ0n) is 9.81. The third kappa shape index (κ3) is 3.36. The van der Waals surface area contributed by atoms with Crippen LogP contribution in [0.25, 0.3) is 10.6 Å². The first-order valence-corrected chi connectivity index (χ1v) is 7.19. The van der Waals surface area contributed by atoms with Gasteiger partial charge >= 0.3 is 0 Å². The van der Waals surface area contributed by atoms with E-state index in [-0.39, 0.29) is 5.91 Å². The highest BCUT2D eigenvalue weighted by Gasteiger charge is 2.08. The third-order valence-electron chi connectivity index (χ3n) is 2.24. The van der Waals surface area contributed by atoms with E-state index in [0.717, 1.165) is 21.5 Å². The fourth-order valence-electron chi connectivity index (χ4n) is 1.39. The summed E-state index contributed by atoms with van der Waals surface area (Å²) in [4.78, 5) is 11.4. The number of nitrogens with one attached hydrogen (secondary N) is 1. The Labute approximate surface area is 118 Å². The molecule has 0 saturated heterocycles. The number of amides is 1. The summed E-state index contributed by atoms with van der Waals surface area (Å²) in [7, 11) is 0. The van der Waals surface area contributed by atoms with Crippen LogP contribution in [0.4, 0.5) is 5.13 Å². The van der Waals surface area contributed by atoms with Crippen LogP contribution in [0.15, 0.2) is 28.7 Å². The summed E-state index contributed by atoms with van der Waals surface area (Å²) >= 11 is 4.76. The summed E-state index contributed by atoms with van der Waals surface area (Å²) in [6.07, 6.45) is 1.33. The lowest BCUT2D eigenvalue weighted by Crippen LogP contribution is -2.10. The van der Waals surface area contributed by atoms with Crippen LogP contribution in [0, 0.1) is 0 Å². The number of carbonyl (C=O) groups excluding carboxylic acids is 1. The Morgan fingerprint density at radius 3 is 2.72 bits per heavy atom. The van der Waals surface area contributed by atoms with Crippen LogP contribution in [0.2, 0.25) is 0 Å². The molecule has 1 aromatic carbocycles. The fourth-order valence-corrected chi connectivity index (χ4v) is 2.42. The van der Waals surface area contributed by atoms with E-state index < -0.39 is 0 Å². The van der Waals surface area contributed by atoms with Crippen LogP contribution < -0.4 is 5.32 Å². The van der Waals surface area contributed by atoms with Crippen molar-refractivity contribution >= 4 is 38.3 Å². The highest BCUT2D eigenvalue weighted by atomic mass is 79.9. The quantitative estimate of drug-likeness (QED) is 0.932. The molecule has 0 unspecified atom stereocenters. The van der Waals surface area contributed by atoms with Crippen LogP contribution in [0.3, 0.4) is 0 Å². The molecule has 2 rings (SSSR count). The van der Waals surface area contributed by atoms with E-state index in [4.69, 9.17) is 0 Å². The number of rotatable bonds is 4. The van der Waals surface area contributed by atoms with Gasteiger partial charge in [-0.3, -0.25) is 4.79 Å². The van der Waals surface area contributed by atoms with Gasteiger partial charge in [0.1, 0.15) is 5.01 Å². The second kappa shape index (κ2) is 6.06. The summed E-state index contributed by atoms with van der Waals surface area (Å²) in [6.45, 7) is 1.97. The second-order valence-corrected chi connectivity index (χ2v) is 5.61. The molecule has 0 aliphatic heterocycles. The van der Waals surface area contributed by atoms with Crippen molar-refractivity contribution in [3.05, 3.63) is 28.7 Å². The van der Waals surface area contributed by atoms with Gasteiger partial charge in [-0.05, 0) is 18.6 Å². The highest BCUT2D eigenvalue weighted by Crippen LogP contribution is 2.27. The fraction of sp³-hybridized carbons (Fsp3) is 0.250. The zero-order valence-corrected chi connectivity index (χ0v) is 12.2. The highest BCUT2D eigenvalue weighted by molar-refractivity contribution is 9.10. The monoisotopic (exact) mass is 325 g/mol. The smallest absolute Gasteiger partial charge is 0.226 e. The molecule has 0 aliphatic rings. The molecule has 0 spiro atoms. The number of aromatic nitrogens is 2. The average Bonchev–Trinajstić information content (AvgIpc) is 2.78. The first kappa shape index (κ1) is 13.2. The van der Waals surface area contributed by atoms with Crippen molar-refractivity contribution in [1.29, 1.82) is 0 Å². The number of carbonyl (C=O) groups is 1. The van der Waals surface area contributed by atoms with Crippen molar-refractivity contribution in [2.45, 2.75) is 19.8 Å². The van der Waals surface area contributed by atoms with Crippen molar-refractivity contribution in [2.75, 3.05) is 5.32 Å². The Kier molecular flexibility index (Phi) is 4.43. The molecular weight excluding hydrogens is 314 g/mol. The molecule has 1 N–H and O–H groups in total. The van der Waals surface area contributed by atoms with Gasteiger partial charge in [0.05, 0.1) is 0 Å². The molecule has 94 valence electrons. The zero-order chi connectivity index (χ0) is 13.0. The summed E-state index contributed by atoms with van der Waals surface area (Å²) in [5, 5.41) is 12.1. The van der Waals surface area contributed by atoms with E-state index in [2.05, 4.69) is 31.4 Å². The van der Waals surface area contributed by atoms with Crippen LogP contribution in [-0.2, 0) is 4.79 Å². The van der Waals surface area contributed by atoms with E-state index in [0.29, 0.717) is 11.6 Å². The lowest BCUT2D eigenvalue weighted by atomic mass is 10.2. The number of hydrogen-bond acceptors (Lipinski definition) is 4. The normalized spacial score (nSPS) is 10.3. The minimum atomic E-state index is -0.0176. The van der Waals surface area contributed by atoms with E-state index in [1.54, 1.807) is 0 Å². The van der Waals surface area contributed by atoms with Gasteiger partial charge in [0.15, 0.2) is 0 Å². The Bertz CT molecular complexity index is 539. The number of anilines is 1. The Morgan fingerprint density at radius 2 is 2.06 bits per heavy atom. The van der Waals surface area contributed by atoms with Gasteiger partial charge in [0, 0.05) is 16.5 Å². The standard InChI is InChI=1S/C12H12BrN3OS/c1-2-3-10(17)14-12-16-15-11(18-12)8-4-6-9(13)7-5-8/h4-7H,2-3H2,1H3,(H,14,16,17). The molecule has 1 aromatic heterocycles. The number of nitrogens with zero attached hydrogens (tertiary/aromatic N) is 2. The minimum absolute atomic E-state index is 0.0176. The predicted molar refractivity (Wildman–Crippen MR) is 76.6 cm³/mol. The minimum Gasteiger partial charge on any atom is -0.301 e. The molecule has 1 heterocycles. The van der Waals surface area contributed by atoms with Gasteiger partial charge in [-0.2, -0.15) is 0 Å². The van der Waals surface area contributed by atoms with Crippen molar-refractivity contribution in [3.8, 4) is 10.6 Å². The van der Waals surface area contributed by atoms with E-state index >= 15 is 0 Å². The third-order valence-corrected chi connectivity index (χ3v) is 3.66. The molecule has 0 bridgehead atoms. The largest absolute Gasteiger partial charge is 0.301 e. The van der Waals surface area contributed by atoms with Crippen LogP contribution >= 0.6 is 27.3 Å². The molecule has 0 fully saturated rings. The lowest BCUT2D eigenvalue weighted by molar-refractivity contribution is -0.116. The molecule has 1 amide bonds. The lowest BCUT2D eigenvalue weighted by Gasteiger charge is -1.97. The molecule has 0 saturated carbocycles. The van der Waals surface area contributed by atoms with Crippen molar-refractivity contribution in [3.63, 3.8) is 0 Å². The Hall–Kier alpha value is -1.27. The van der Waals surface area contributed by atoms with Crippen LogP contribution in [-0.4, -0.2) is 16.1 Å². The first-order chi connectivity index (χ1) is 8.69. The SMILES string of the molecule is CCCC(=O)Nc1nnc(-c2ccc(Br)cc2)s1. The molecule has 0 aliphatic carbocycles. The topological polar surface area (TPSA) is 54.9 Å². The summed E-state index contributed by atoms with van der Waals surface area (Å²) < 4.78 is 1.02. The maximum Gasteiger partial charge on any atom is 0.226 e. The van der Waals surface area contributed by atoms with E-state index in [9.17, 15) is 4.79 Å². The Balaban J connectivity index is 2.10. The molecule has 0 radical (unpaired) electrons. The van der Waals surface area contributed by atoms with Gasteiger partial charge < -0.3 is 5.32 Å². The second-order valence-electron chi connectivity index (χ2n) is 3.72. The van der Waals surface area contributed by atoms with Gasteiger partial charge in [0.25, 0.3) is 0 Å². The van der Waals surface area contributed by atoms with Crippen molar-refractivity contribution in [1.82, 2.24) is 10.2 Å². The maximum atomic E-state index is 11.4. The van der Waals surface area contributed by atoms with Gasteiger partial charge in [-0.15, -0.1) is 10.2 Å². The van der Waals surface area contributed by atoms with Crippen LogP contribution in [0.1, 0.15) is 19.8 Å².